The van der Waals surface area contributed by atoms with Crippen LogP contribution in [-0.2, 0) is 0 Å². The highest BCUT2D eigenvalue weighted by atomic mass is 16.5. The maximum Gasteiger partial charge on any atom is 0.143 e. The van der Waals surface area contributed by atoms with Gasteiger partial charge < -0.3 is 15.4 Å². The van der Waals surface area contributed by atoms with Gasteiger partial charge in [0, 0.05) is 18.7 Å². The topological polar surface area (TPSA) is 57.1 Å². The molecule has 1 unspecified atom stereocenters. The Morgan fingerprint density at radius 3 is 3.06 bits per heavy atom. The van der Waals surface area contributed by atoms with Crippen LogP contribution in [-0.4, -0.2) is 26.2 Å². The molecule has 1 fully saturated rings. The van der Waals surface area contributed by atoms with Crippen molar-refractivity contribution in [2.75, 3.05) is 25.5 Å². The molecule has 1 aromatic rings. The summed E-state index contributed by atoms with van der Waals surface area (Å²) in [5, 5.41) is 15.6. The van der Waals surface area contributed by atoms with E-state index in [-0.39, 0.29) is 0 Å². The molecule has 4 heteroatoms. The second-order valence-electron chi connectivity index (χ2n) is 4.21. The zero-order valence-corrected chi connectivity index (χ0v) is 9.99. The zero-order chi connectivity index (χ0) is 12.1. The molecule has 0 aromatic heterocycles. The van der Waals surface area contributed by atoms with Crippen LogP contribution >= 0.6 is 0 Å². The van der Waals surface area contributed by atoms with Crippen LogP contribution in [0.4, 0.5) is 5.69 Å². The molecule has 0 spiro atoms. The van der Waals surface area contributed by atoms with E-state index in [1.165, 1.54) is 6.42 Å². The van der Waals surface area contributed by atoms with Crippen LogP contribution in [0, 0.1) is 11.3 Å². The van der Waals surface area contributed by atoms with Crippen LogP contribution in [0.5, 0.6) is 5.75 Å². The summed E-state index contributed by atoms with van der Waals surface area (Å²) in [4.78, 5) is 0. The maximum atomic E-state index is 8.83. The summed E-state index contributed by atoms with van der Waals surface area (Å²) in [5.74, 6) is 0.731. The summed E-state index contributed by atoms with van der Waals surface area (Å²) in [6, 6.07) is 8.03. The average molecular weight is 231 g/mol. The Balaban J connectivity index is 2.11. The summed E-state index contributed by atoms with van der Waals surface area (Å²) >= 11 is 0. The number of piperidine rings is 1. The summed E-state index contributed by atoms with van der Waals surface area (Å²) in [6.07, 6.45) is 2.35. The molecule has 0 aliphatic carbocycles. The highest BCUT2D eigenvalue weighted by molar-refractivity contribution is 5.60. The maximum absolute atomic E-state index is 8.83. The van der Waals surface area contributed by atoms with Crippen LogP contribution < -0.4 is 15.4 Å². The molecule has 1 heterocycles. The third-order valence-corrected chi connectivity index (χ3v) is 2.99. The number of hydrogen-bond acceptors (Lipinski definition) is 4. The minimum Gasteiger partial charge on any atom is -0.495 e. The van der Waals surface area contributed by atoms with Gasteiger partial charge in [-0.05, 0) is 31.5 Å². The van der Waals surface area contributed by atoms with Crippen molar-refractivity contribution in [1.82, 2.24) is 5.32 Å². The van der Waals surface area contributed by atoms with Gasteiger partial charge in [0.1, 0.15) is 5.75 Å². The Morgan fingerprint density at radius 1 is 1.53 bits per heavy atom. The van der Waals surface area contributed by atoms with Crippen LogP contribution in [0.2, 0.25) is 0 Å². The Morgan fingerprint density at radius 2 is 2.41 bits per heavy atom. The number of rotatable bonds is 3. The van der Waals surface area contributed by atoms with Crippen LogP contribution in [0.3, 0.4) is 0 Å². The molecule has 1 aliphatic rings. The molecule has 1 atom stereocenters. The second-order valence-corrected chi connectivity index (χ2v) is 4.21. The van der Waals surface area contributed by atoms with Crippen molar-refractivity contribution in [3.05, 3.63) is 23.8 Å². The molecule has 1 aliphatic heterocycles. The normalized spacial score (nSPS) is 19.4. The number of methoxy groups -OCH3 is 1. The van der Waals surface area contributed by atoms with Gasteiger partial charge in [0.2, 0.25) is 0 Å². The molecule has 1 saturated heterocycles. The van der Waals surface area contributed by atoms with Gasteiger partial charge in [-0.25, -0.2) is 0 Å². The first-order valence-corrected chi connectivity index (χ1v) is 5.89. The lowest BCUT2D eigenvalue weighted by molar-refractivity contribution is 0.414. The summed E-state index contributed by atoms with van der Waals surface area (Å²) in [7, 11) is 1.63. The molecule has 1 aromatic carbocycles. The van der Waals surface area contributed by atoms with Crippen LogP contribution in [0.1, 0.15) is 18.4 Å². The monoisotopic (exact) mass is 231 g/mol. The van der Waals surface area contributed by atoms with E-state index in [0.29, 0.717) is 11.6 Å². The number of nitrogens with zero attached hydrogens (tertiary/aromatic N) is 1. The van der Waals surface area contributed by atoms with Crippen molar-refractivity contribution in [3.8, 4) is 11.8 Å². The molecule has 2 rings (SSSR count). The highest BCUT2D eigenvalue weighted by Gasteiger charge is 2.14. The van der Waals surface area contributed by atoms with Crippen molar-refractivity contribution >= 4 is 5.69 Å². The fraction of sp³-hybridized carbons (Fsp3) is 0.462. The van der Waals surface area contributed by atoms with Crippen molar-refractivity contribution in [2.24, 2.45) is 0 Å². The summed E-state index contributed by atoms with van der Waals surface area (Å²) in [6.45, 7) is 2.08. The van der Waals surface area contributed by atoms with Gasteiger partial charge in [0.25, 0.3) is 0 Å². The first-order chi connectivity index (χ1) is 8.33. The van der Waals surface area contributed by atoms with E-state index < -0.39 is 0 Å². The van der Waals surface area contributed by atoms with Crippen molar-refractivity contribution in [2.45, 2.75) is 18.9 Å². The molecular formula is C13H17N3O. The van der Waals surface area contributed by atoms with E-state index in [1.54, 1.807) is 19.2 Å². The lowest BCUT2D eigenvalue weighted by Crippen LogP contribution is -2.38. The van der Waals surface area contributed by atoms with Gasteiger partial charge in [0.05, 0.1) is 24.4 Å². The van der Waals surface area contributed by atoms with Crippen molar-refractivity contribution in [1.29, 1.82) is 5.26 Å². The molecule has 0 bridgehead atoms. The number of benzene rings is 1. The van der Waals surface area contributed by atoms with E-state index in [4.69, 9.17) is 10.00 Å². The second kappa shape index (κ2) is 5.55. The largest absolute Gasteiger partial charge is 0.495 e. The average Bonchev–Trinajstić information content (AvgIpc) is 2.40. The highest BCUT2D eigenvalue weighted by Crippen LogP contribution is 2.26. The molecule has 17 heavy (non-hydrogen) atoms. The molecule has 0 saturated carbocycles. The Hall–Kier alpha value is -1.73. The predicted molar refractivity (Wildman–Crippen MR) is 67.2 cm³/mol. The molecule has 0 radical (unpaired) electrons. The number of hydrogen-bond donors (Lipinski definition) is 2. The van der Waals surface area contributed by atoms with Crippen LogP contribution in [0.25, 0.3) is 0 Å². The number of nitrogens with one attached hydrogen (secondary N) is 2. The third-order valence-electron chi connectivity index (χ3n) is 2.99. The van der Waals surface area contributed by atoms with Crippen molar-refractivity contribution < 1.29 is 4.74 Å². The summed E-state index contributed by atoms with van der Waals surface area (Å²) in [5.41, 5.74) is 1.58. The number of ether oxygens (including phenoxy) is 1. The quantitative estimate of drug-likeness (QED) is 0.831. The summed E-state index contributed by atoms with van der Waals surface area (Å²) < 4.78 is 5.30. The van der Waals surface area contributed by atoms with Gasteiger partial charge in [-0.1, -0.05) is 0 Å². The van der Waals surface area contributed by atoms with Gasteiger partial charge in [-0.15, -0.1) is 0 Å². The fourth-order valence-electron chi connectivity index (χ4n) is 2.07. The van der Waals surface area contributed by atoms with Crippen molar-refractivity contribution in [3.63, 3.8) is 0 Å². The van der Waals surface area contributed by atoms with E-state index in [2.05, 4.69) is 16.7 Å². The first-order valence-electron chi connectivity index (χ1n) is 5.89. The molecule has 90 valence electrons. The third kappa shape index (κ3) is 2.89. The van der Waals surface area contributed by atoms with Gasteiger partial charge >= 0.3 is 0 Å². The van der Waals surface area contributed by atoms with E-state index in [0.717, 1.165) is 30.9 Å². The van der Waals surface area contributed by atoms with E-state index in [9.17, 15) is 0 Å². The minimum atomic E-state index is 0.436. The van der Waals surface area contributed by atoms with E-state index >= 15 is 0 Å². The van der Waals surface area contributed by atoms with Gasteiger partial charge in [-0.2, -0.15) is 5.26 Å². The van der Waals surface area contributed by atoms with E-state index in [1.807, 2.05) is 6.07 Å². The van der Waals surface area contributed by atoms with Gasteiger partial charge in [0.15, 0.2) is 0 Å². The Labute approximate surface area is 102 Å². The van der Waals surface area contributed by atoms with Crippen LogP contribution in [0.15, 0.2) is 18.2 Å². The SMILES string of the molecule is COc1cc(C#N)ccc1NC1CCCNC1. The smallest absolute Gasteiger partial charge is 0.143 e. The number of nitriles is 1. The standard InChI is InChI=1S/C13H17N3O/c1-17-13-7-10(8-14)4-5-12(13)16-11-3-2-6-15-9-11/h4-5,7,11,15-16H,2-3,6,9H2,1H3. The first kappa shape index (κ1) is 11.7. The molecule has 4 nitrogen and oxygen atoms in total. The molecular weight excluding hydrogens is 214 g/mol. The number of anilines is 1. The lowest BCUT2D eigenvalue weighted by atomic mass is 10.1. The molecule has 2 N–H and O–H groups in total. The molecule has 0 amide bonds. The minimum absolute atomic E-state index is 0.436. The fourth-order valence-corrected chi connectivity index (χ4v) is 2.07. The van der Waals surface area contributed by atoms with Gasteiger partial charge in [-0.3, -0.25) is 0 Å². The zero-order valence-electron chi connectivity index (χ0n) is 9.99. The Bertz CT molecular complexity index is 419. The Kier molecular flexibility index (Phi) is 3.84. The lowest BCUT2D eigenvalue weighted by Gasteiger charge is -2.25. The predicted octanol–water partition coefficient (Wildman–Crippen LogP) is 1.73.